The standard InChI is InChI=1S/C15H12O5/c1-10(16)19-12-8-6-11(7-9-12)15(18)20-14-5-3-2-4-13(14)17/h2-9,17H,1H3. The van der Waals surface area contributed by atoms with Crippen molar-refractivity contribution in [2.45, 2.75) is 6.92 Å². The van der Waals surface area contributed by atoms with Crippen molar-refractivity contribution >= 4 is 11.9 Å². The Balaban J connectivity index is 2.10. The fourth-order valence-electron chi connectivity index (χ4n) is 1.53. The van der Waals surface area contributed by atoms with Gasteiger partial charge in [-0.1, -0.05) is 12.1 Å². The highest BCUT2D eigenvalue weighted by Crippen LogP contribution is 2.25. The highest BCUT2D eigenvalue weighted by Gasteiger charge is 2.11. The molecule has 0 aliphatic rings. The van der Waals surface area contributed by atoms with Gasteiger partial charge in [0, 0.05) is 6.92 Å². The minimum Gasteiger partial charge on any atom is -0.504 e. The number of benzene rings is 2. The van der Waals surface area contributed by atoms with Crippen LogP contribution in [0.2, 0.25) is 0 Å². The number of hydrogen-bond donors (Lipinski definition) is 1. The molecular formula is C15H12O5. The van der Waals surface area contributed by atoms with Crippen LogP contribution in [0, 0.1) is 0 Å². The lowest BCUT2D eigenvalue weighted by Crippen LogP contribution is -2.08. The topological polar surface area (TPSA) is 72.8 Å². The molecule has 102 valence electrons. The number of esters is 2. The third kappa shape index (κ3) is 3.35. The highest BCUT2D eigenvalue weighted by atomic mass is 16.5. The van der Waals surface area contributed by atoms with E-state index in [1.165, 1.54) is 43.3 Å². The Kier molecular flexibility index (Phi) is 4.00. The van der Waals surface area contributed by atoms with E-state index in [1.54, 1.807) is 12.1 Å². The second kappa shape index (κ2) is 5.88. The maximum atomic E-state index is 11.9. The van der Waals surface area contributed by atoms with Gasteiger partial charge in [-0.25, -0.2) is 4.79 Å². The van der Waals surface area contributed by atoms with Crippen molar-refractivity contribution in [1.82, 2.24) is 0 Å². The monoisotopic (exact) mass is 272 g/mol. The summed E-state index contributed by atoms with van der Waals surface area (Å²) in [6, 6.07) is 12.1. The van der Waals surface area contributed by atoms with Crippen LogP contribution < -0.4 is 9.47 Å². The third-order valence-corrected chi connectivity index (χ3v) is 2.42. The number of hydrogen-bond acceptors (Lipinski definition) is 5. The van der Waals surface area contributed by atoms with Crippen LogP contribution in [0.15, 0.2) is 48.5 Å². The molecule has 0 aliphatic heterocycles. The van der Waals surface area contributed by atoms with Crippen molar-refractivity contribution in [2.24, 2.45) is 0 Å². The molecule has 2 aromatic rings. The SMILES string of the molecule is CC(=O)Oc1ccc(C(=O)Oc2ccccc2O)cc1. The molecule has 0 atom stereocenters. The molecule has 0 bridgehead atoms. The number of phenolic OH excluding ortho intramolecular Hbond substituents is 1. The first-order chi connectivity index (χ1) is 9.56. The summed E-state index contributed by atoms with van der Waals surface area (Å²) in [4.78, 5) is 22.6. The molecule has 5 heteroatoms. The number of phenols is 1. The summed E-state index contributed by atoms with van der Waals surface area (Å²) in [5.74, 6) is -0.731. The number of para-hydroxylation sites is 2. The van der Waals surface area contributed by atoms with E-state index in [-0.39, 0.29) is 17.1 Å². The van der Waals surface area contributed by atoms with Gasteiger partial charge in [0.2, 0.25) is 0 Å². The summed E-state index contributed by atoms with van der Waals surface area (Å²) < 4.78 is 9.91. The Morgan fingerprint density at radius 2 is 1.60 bits per heavy atom. The zero-order valence-electron chi connectivity index (χ0n) is 10.7. The zero-order chi connectivity index (χ0) is 14.5. The van der Waals surface area contributed by atoms with Gasteiger partial charge >= 0.3 is 11.9 Å². The van der Waals surface area contributed by atoms with Gasteiger partial charge in [0.1, 0.15) is 5.75 Å². The first-order valence-electron chi connectivity index (χ1n) is 5.85. The fraction of sp³-hybridized carbons (Fsp3) is 0.0667. The van der Waals surface area contributed by atoms with E-state index in [0.29, 0.717) is 5.75 Å². The van der Waals surface area contributed by atoms with E-state index >= 15 is 0 Å². The molecule has 0 unspecified atom stereocenters. The summed E-state index contributed by atoms with van der Waals surface area (Å²) in [5.41, 5.74) is 0.282. The summed E-state index contributed by atoms with van der Waals surface area (Å²) >= 11 is 0. The number of carbonyl (C=O) groups is 2. The summed E-state index contributed by atoms with van der Waals surface area (Å²) in [5, 5.41) is 9.51. The second-order valence-electron chi connectivity index (χ2n) is 3.98. The Bertz CT molecular complexity index is 631. The van der Waals surface area contributed by atoms with Crippen molar-refractivity contribution in [3.63, 3.8) is 0 Å². The van der Waals surface area contributed by atoms with Crippen LogP contribution in [-0.4, -0.2) is 17.0 Å². The number of aromatic hydroxyl groups is 1. The minimum atomic E-state index is -0.610. The van der Waals surface area contributed by atoms with Crippen LogP contribution >= 0.6 is 0 Å². The summed E-state index contributed by atoms with van der Waals surface area (Å²) in [6.45, 7) is 1.29. The number of rotatable bonds is 3. The van der Waals surface area contributed by atoms with Crippen LogP contribution in [0.4, 0.5) is 0 Å². The molecule has 0 saturated carbocycles. The lowest BCUT2D eigenvalue weighted by Gasteiger charge is -2.06. The van der Waals surface area contributed by atoms with Crippen LogP contribution in [-0.2, 0) is 4.79 Å². The van der Waals surface area contributed by atoms with Crippen molar-refractivity contribution in [1.29, 1.82) is 0 Å². The molecule has 0 amide bonds. The van der Waals surface area contributed by atoms with Gasteiger partial charge in [-0.2, -0.15) is 0 Å². The smallest absolute Gasteiger partial charge is 0.343 e. The molecule has 0 aliphatic carbocycles. The van der Waals surface area contributed by atoms with E-state index in [2.05, 4.69) is 0 Å². The van der Waals surface area contributed by atoms with Gasteiger partial charge < -0.3 is 14.6 Å². The molecule has 0 spiro atoms. The first-order valence-corrected chi connectivity index (χ1v) is 5.85. The Labute approximate surface area is 115 Å². The van der Waals surface area contributed by atoms with E-state index in [0.717, 1.165) is 0 Å². The first kappa shape index (κ1) is 13.6. The van der Waals surface area contributed by atoms with E-state index < -0.39 is 11.9 Å². The molecule has 1 N–H and O–H groups in total. The fourth-order valence-corrected chi connectivity index (χ4v) is 1.53. The lowest BCUT2D eigenvalue weighted by molar-refractivity contribution is -0.131. The van der Waals surface area contributed by atoms with E-state index in [4.69, 9.17) is 9.47 Å². The van der Waals surface area contributed by atoms with E-state index in [9.17, 15) is 14.7 Å². The van der Waals surface area contributed by atoms with Crippen LogP contribution in [0.25, 0.3) is 0 Å². The largest absolute Gasteiger partial charge is 0.504 e. The van der Waals surface area contributed by atoms with Crippen LogP contribution in [0.1, 0.15) is 17.3 Å². The highest BCUT2D eigenvalue weighted by molar-refractivity contribution is 5.91. The molecule has 2 aromatic carbocycles. The van der Waals surface area contributed by atoms with Gasteiger partial charge in [0.05, 0.1) is 5.56 Å². The van der Waals surface area contributed by atoms with Crippen molar-refractivity contribution in [3.8, 4) is 17.2 Å². The molecule has 5 nitrogen and oxygen atoms in total. The molecule has 20 heavy (non-hydrogen) atoms. The lowest BCUT2D eigenvalue weighted by atomic mass is 10.2. The summed E-state index contributed by atoms with van der Waals surface area (Å²) in [7, 11) is 0. The maximum absolute atomic E-state index is 11.9. The Hall–Kier alpha value is -2.82. The van der Waals surface area contributed by atoms with Gasteiger partial charge in [-0.15, -0.1) is 0 Å². The van der Waals surface area contributed by atoms with Crippen molar-refractivity contribution in [2.75, 3.05) is 0 Å². The minimum absolute atomic E-state index is 0.0848. The van der Waals surface area contributed by atoms with Gasteiger partial charge in [0.25, 0.3) is 0 Å². The molecule has 0 heterocycles. The predicted octanol–water partition coefficient (Wildman–Crippen LogP) is 2.54. The average molecular weight is 272 g/mol. The predicted molar refractivity (Wildman–Crippen MR) is 70.8 cm³/mol. The third-order valence-electron chi connectivity index (χ3n) is 2.42. The van der Waals surface area contributed by atoms with Crippen LogP contribution in [0.3, 0.4) is 0 Å². The summed E-state index contributed by atoms with van der Waals surface area (Å²) in [6.07, 6.45) is 0. The quantitative estimate of drug-likeness (QED) is 0.686. The normalized spacial score (nSPS) is 9.85. The van der Waals surface area contributed by atoms with Gasteiger partial charge in [-0.05, 0) is 36.4 Å². The maximum Gasteiger partial charge on any atom is 0.343 e. The number of ether oxygens (including phenoxy) is 2. The van der Waals surface area contributed by atoms with Gasteiger partial charge in [-0.3, -0.25) is 4.79 Å². The molecule has 0 fully saturated rings. The molecule has 0 saturated heterocycles. The Morgan fingerprint density at radius 1 is 0.950 bits per heavy atom. The van der Waals surface area contributed by atoms with Crippen LogP contribution in [0.5, 0.6) is 17.2 Å². The van der Waals surface area contributed by atoms with Crippen molar-refractivity contribution in [3.05, 3.63) is 54.1 Å². The van der Waals surface area contributed by atoms with Crippen molar-refractivity contribution < 1.29 is 24.2 Å². The second-order valence-corrected chi connectivity index (χ2v) is 3.98. The molecule has 2 rings (SSSR count). The molecule has 0 aromatic heterocycles. The molecule has 0 radical (unpaired) electrons. The number of carbonyl (C=O) groups excluding carboxylic acids is 2. The molecular weight excluding hydrogens is 260 g/mol. The Morgan fingerprint density at radius 3 is 2.20 bits per heavy atom. The van der Waals surface area contributed by atoms with Gasteiger partial charge in [0.15, 0.2) is 11.5 Å². The van der Waals surface area contributed by atoms with E-state index in [1.807, 2.05) is 0 Å². The average Bonchev–Trinajstić information content (AvgIpc) is 2.41. The zero-order valence-corrected chi connectivity index (χ0v) is 10.7.